The number of halogens is 1. The minimum absolute atomic E-state index is 0.113. The van der Waals surface area contributed by atoms with Crippen LogP contribution in [0.4, 0.5) is 0 Å². The lowest BCUT2D eigenvalue weighted by Gasteiger charge is -2.15. The summed E-state index contributed by atoms with van der Waals surface area (Å²) in [7, 11) is 1.88. The molecule has 2 rings (SSSR count). The van der Waals surface area contributed by atoms with Crippen molar-refractivity contribution in [3.8, 4) is 0 Å². The zero-order valence-corrected chi connectivity index (χ0v) is 14.8. The van der Waals surface area contributed by atoms with Crippen molar-refractivity contribution in [2.45, 2.75) is 52.1 Å². The second kappa shape index (κ2) is 6.11. The van der Waals surface area contributed by atoms with Crippen molar-refractivity contribution in [3.05, 3.63) is 38.3 Å². The van der Waals surface area contributed by atoms with Gasteiger partial charge in [0.2, 0.25) is 0 Å². The Kier molecular flexibility index (Phi) is 4.81. The van der Waals surface area contributed by atoms with Crippen LogP contribution in [0.15, 0.2) is 12.1 Å². The Morgan fingerprint density at radius 2 is 2.05 bits per heavy atom. The van der Waals surface area contributed by atoms with Crippen molar-refractivity contribution < 1.29 is 5.11 Å². The number of nitrogens with zero attached hydrogens (tertiary/aromatic N) is 2. The molecule has 0 aliphatic heterocycles. The van der Waals surface area contributed by atoms with Gasteiger partial charge in [-0.1, -0.05) is 39.3 Å². The van der Waals surface area contributed by atoms with Gasteiger partial charge in [0.15, 0.2) is 0 Å². The quantitative estimate of drug-likeness (QED) is 0.911. The van der Waals surface area contributed by atoms with Crippen molar-refractivity contribution in [1.29, 1.82) is 0 Å². The predicted molar refractivity (Wildman–Crippen MR) is 89.3 cm³/mol. The second-order valence-corrected chi connectivity index (χ2v) is 7.85. The van der Waals surface area contributed by atoms with Crippen molar-refractivity contribution in [1.82, 2.24) is 9.78 Å². The number of hydrogen-bond acceptors (Lipinski definition) is 3. The summed E-state index contributed by atoms with van der Waals surface area (Å²) >= 11 is 8.02. The molecule has 0 bridgehead atoms. The molecule has 0 radical (unpaired) electrons. The number of rotatable bonds is 4. The van der Waals surface area contributed by atoms with E-state index in [0.29, 0.717) is 11.4 Å². The monoisotopic (exact) mass is 326 g/mol. The summed E-state index contributed by atoms with van der Waals surface area (Å²) in [6.07, 6.45) is 0.756. The third-order valence-electron chi connectivity index (χ3n) is 3.58. The van der Waals surface area contributed by atoms with Crippen LogP contribution in [0.5, 0.6) is 0 Å². The van der Waals surface area contributed by atoms with Gasteiger partial charge in [-0.2, -0.15) is 5.10 Å². The lowest BCUT2D eigenvalue weighted by Crippen LogP contribution is -2.08. The molecule has 0 saturated heterocycles. The average molecular weight is 327 g/mol. The SMILES string of the molecule is CCc1nn(C)c(CC(O)c2ccc(C(C)(C)C)s2)c1Cl. The van der Waals surface area contributed by atoms with Gasteiger partial charge in [-0.3, -0.25) is 4.68 Å². The van der Waals surface area contributed by atoms with E-state index < -0.39 is 6.10 Å². The van der Waals surface area contributed by atoms with E-state index in [2.05, 4.69) is 31.9 Å². The number of thiophene rings is 1. The van der Waals surface area contributed by atoms with E-state index in [4.69, 9.17) is 11.6 Å². The van der Waals surface area contributed by atoms with E-state index in [0.717, 1.165) is 22.7 Å². The van der Waals surface area contributed by atoms with Crippen molar-refractivity contribution in [2.75, 3.05) is 0 Å². The number of aliphatic hydroxyl groups excluding tert-OH is 1. The summed E-state index contributed by atoms with van der Waals surface area (Å²) < 4.78 is 1.78. The Morgan fingerprint density at radius 3 is 2.52 bits per heavy atom. The molecule has 2 heterocycles. The Balaban J connectivity index is 2.20. The first-order valence-electron chi connectivity index (χ1n) is 7.22. The largest absolute Gasteiger partial charge is 0.387 e. The van der Waals surface area contributed by atoms with Gasteiger partial charge in [-0.05, 0) is 24.0 Å². The highest BCUT2D eigenvalue weighted by Gasteiger charge is 2.21. The molecule has 116 valence electrons. The Labute approximate surface area is 135 Å². The molecule has 0 amide bonds. The third-order valence-corrected chi connectivity index (χ3v) is 5.63. The van der Waals surface area contributed by atoms with Gasteiger partial charge in [-0.15, -0.1) is 11.3 Å². The van der Waals surface area contributed by atoms with E-state index in [1.807, 2.05) is 20.0 Å². The Hall–Kier alpha value is -0.840. The molecule has 2 aromatic heterocycles. The molecule has 5 heteroatoms. The molecular formula is C16H23ClN2OS. The van der Waals surface area contributed by atoms with E-state index >= 15 is 0 Å². The summed E-state index contributed by atoms with van der Waals surface area (Å²) in [5, 5.41) is 15.6. The molecule has 3 nitrogen and oxygen atoms in total. The molecule has 2 aromatic rings. The molecule has 0 saturated carbocycles. The van der Waals surface area contributed by atoms with Gasteiger partial charge >= 0.3 is 0 Å². The number of aromatic nitrogens is 2. The van der Waals surface area contributed by atoms with Crippen LogP contribution >= 0.6 is 22.9 Å². The number of aliphatic hydroxyl groups is 1. The standard InChI is InChI=1S/C16H23ClN2OS/c1-6-10-15(17)11(19(5)18-10)9-12(20)13-7-8-14(21-13)16(2,3)4/h7-8,12,20H,6,9H2,1-5H3. The van der Waals surface area contributed by atoms with Crippen LogP contribution in [0.2, 0.25) is 5.02 Å². The summed E-state index contributed by atoms with van der Waals surface area (Å²) in [5.74, 6) is 0. The molecule has 0 aliphatic carbocycles. The zero-order valence-electron chi connectivity index (χ0n) is 13.3. The van der Waals surface area contributed by atoms with Gasteiger partial charge in [0.05, 0.1) is 22.5 Å². The van der Waals surface area contributed by atoms with Crippen LogP contribution in [0, 0.1) is 0 Å². The Bertz CT molecular complexity index is 625. The highest BCUT2D eigenvalue weighted by Crippen LogP contribution is 2.34. The number of aryl methyl sites for hydroxylation is 2. The first-order valence-corrected chi connectivity index (χ1v) is 8.42. The van der Waals surface area contributed by atoms with Crippen LogP contribution in [-0.2, 0) is 25.3 Å². The van der Waals surface area contributed by atoms with E-state index in [1.54, 1.807) is 16.0 Å². The predicted octanol–water partition coefficient (Wildman–Crippen LogP) is 4.27. The molecule has 1 unspecified atom stereocenters. The van der Waals surface area contributed by atoms with Gasteiger partial charge in [0, 0.05) is 23.2 Å². The molecule has 1 N–H and O–H groups in total. The maximum Gasteiger partial charge on any atom is 0.0937 e. The second-order valence-electron chi connectivity index (χ2n) is 6.36. The molecule has 1 atom stereocenters. The van der Waals surface area contributed by atoms with E-state index in [-0.39, 0.29) is 5.41 Å². The first-order chi connectivity index (χ1) is 9.74. The maximum absolute atomic E-state index is 10.5. The topological polar surface area (TPSA) is 38.0 Å². The van der Waals surface area contributed by atoms with Crippen LogP contribution < -0.4 is 0 Å². The summed E-state index contributed by atoms with van der Waals surface area (Å²) in [5.41, 5.74) is 1.90. The fourth-order valence-corrected chi connectivity index (χ4v) is 3.68. The van der Waals surface area contributed by atoms with Gasteiger partial charge in [0.1, 0.15) is 0 Å². The summed E-state index contributed by atoms with van der Waals surface area (Å²) in [6.45, 7) is 8.57. The van der Waals surface area contributed by atoms with E-state index in [1.165, 1.54) is 4.88 Å². The smallest absolute Gasteiger partial charge is 0.0937 e. The first kappa shape index (κ1) is 16.5. The van der Waals surface area contributed by atoms with Crippen LogP contribution in [0.1, 0.15) is 54.9 Å². The lowest BCUT2D eigenvalue weighted by molar-refractivity contribution is 0.179. The third kappa shape index (κ3) is 3.50. The van der Waals surface area contributed by atoms with Crippen LogP contribution in [-0.4, -0.2) is 14.9 Å². The van der Waals surface area contributed by atoms with E-state index in [9.17, 15) is 5.11 Å². The van der Waals surface area contributed by atoms with Crippen molar-refractivity contribution in [3.63, 3.8) is 0 Å². The van der Waals surface area contributed by atoms with Crippen molar-refractivity contribution in [2.24, 2.45) is 7.05 Å². The molecular weight excluding hydrogens is 304 g/mol. The highest BCUT2D eigenvalue weighted by molar-refractivity contribution is 7.12. The van der Waals surface area contributed by atoms with Gasteiger partial charge in [-0.25, -0.2) is 0 Å². The minimum Gasteiger partial charge on any atom is -0.387 e. The normalized spacial score (nSPS) is 13.7. The molecule has 0 aromatic carbocycles. The molecule has 0 aliphatic rings. The van der Waals surface area contributed by atoms with Gasteiger partial charge < -0.3 is 5.11 Å². The highest BCUT2D eigenvalue weighted by atomic mass is 35.5. The fraction of sp³-hybridized carbons (Fsp3) is 0.562. The number of hydrogen-bond donors (Lipinski definition) is 1. The fourth-order valence-electron chi connectivity index (χ4n) is 2.26. The van der Waals surface area contributed by atoms with Crippen molar-refractivity contribution >= 4 is 22.9 Å². The Morgan fingerprint density at radius 1 is 1.38 bits per heavy atom. The molecule has 0 spiro atoms. The summed E-state index contributed by atoms with van der Waals surface area (Å²) in [4.78, 5) is 2.26. The van der Waals surface area contributed by atoms with Crippen LogP contribution in [0.25, 0.3) is 0 Å². The maximum atomic E-state index is 10.5. The molecule has 21 heavy (non-hydrogen) atoms. The van der Waals surface area contributed by atoms with Gasteiger partial charge in [0.25, 0.3) is 0 Å². The summed E-state index contributed by atoms with van der Waals surface area (Å²) in [6, 6.07) is 4.12. The molecule has 0 fully saturated rings. The minimum atomic E-state index is -0.538. The van der Waals surface area contributed by atoms with Crippen LogP contribution in [0.3, 0.4) is 0 Å². The lowest BCUT2D eigenvalue weighted by atomic mass is 9.95. The average Bonchev–Trinajstić information content (AvgIpc) is 2.98. The zero-order chi connectivity index (χ0) is 15.8.